The number of hydrogen-bond donors (Lipinski definition) is 2. The van der Waals surface area contributed by atoms with Crippen molar-refractivity contribution in [3.63, 3.8) is 0 Å². The fourth-order valence-corrected chi connectivity index (χ4v) is 2.56. The Balaban J connectivity index is 1.73. The average Bonchev–Trinajstić information content (AvgIpc) is 2.52. The van der Waals surface area contributed by atoms with Crippen LogP contribution in [0, 0.1) is 0 Å². The highest BCUT2D eigenvalue weighted by Gasteiger charge is 2.27. The van der Waals surface area contributed by atoms with Gasteiger partial charge in [0.15, 0.2) is 0 Å². The maximum Gasteiger partial charge on any atom is 0.405 e. The van der Waals surface area contributed by atoms with Gasteiger partial charge in [-0.2, -0.15) is 13.2 Å². The highest BCUT2D eigenvalue weighted by Crippen LogP contribution is 2.14. The maximum absolute atomic E-state index is 12.0. The topological polar surface area (TPSA) is 44.4 Å². The molecule has 0 unspecified atom stereocenters. The fourth-order valence-electron chi connectivity index (χ4n) is 2.56. The van der Waals surface area contributed by atoms with Crippen LogP contribution in [-0.4, -0.2) is 36.7 Å². The zero-order valence-corrected chi connectivity index (χ0v) is 13.0. The molecular formula is C16H22F3N3O. The molecule has 0 aliphatic carbocycles. The van der Waals surface area contributed by atoms with E-state index < -0.39 is 18.8 Å². The van der Waals surface area contributed by atoms with Gasteiger partial charge in [0, 0.05) is 13.1 Å². The van der Waals surface area contributed by atoms with Crippen molar-refractivity contribution in [3.8, 4) is 0 Å². The second-order valence-corrected chi connectivity index (χ2v) is 5.80. The Morgan fingerprint density at radius 3 is 2.22 bits per heavy atom. The Hall–Kier alpha value is -1.76. The van der Waals surface area contributed by atoms with E-state index in [0.717, 1.165) is 25.2 Å². The van der Waals surface area contributed by atoms with Gasteiger partial charge in [-0.1, -0.05) is 30.7 Å². The van der Waals surface area contributed by atoms with Crippen LogP contribution in [0.2, 0.25) is 0 Å². The lowest BCUT2D eigenvalue weighted by atomic mass is 10.1. The summed E-state index contributed by atoms with van der Waals surface area (Å²) >= 11 is 0. The number of halogens is 3. The lowest BCUT2D eigenvalue weighted by molar-refractivity contribution is -0.122. The van der Waals surface area contributed by atoms with E-state index in [0.29, 0.717) is 0 Å². The number of nitrogens with zero attached hydrogens (tertiary/aromatic N) is 1. The van der Waals surface area contributed by atoms with Gasteiger partial charge in [0.25, 0.3) is 0 Å². The summed E-state index contributed by atoms with van der Waals surface area (Å²) in [7, 11) is 0. The number of piperidine rings is 1. The zero-order chi connectivity index (χ0) is 16.7. The molecule has 0 saturated carbocycles. The molecule has 2 amide bonds. The highest BCUT2D eigenvalue weighted by atomic mass is 19.4. The molecule has 1 aliphatic rings. The van der Waals surface area contributed by atoms with Crippen LogP contribution in [0.15, 0.2) is 24.3 Å². The molecule has 1 aliphatic heterocycles. The Labute approximate surface area is 134 Å². The molecular weight excluding hydrogens is 307 g/mol. The predicted molar refractivity (Wildman–Crippen MR) is 81.9 cm³/mol. The van der Waals surface area contributed by atoms with Gasteiger partial charge in [0.05, 0.1) is 0 Å². The molecule has 1 aromatic rings. The van der Waals surface area contributed by atoms with Crippen LogP contribution in [0.4, 0.5) is 18.0 Å². The van der Waals surface area contributed by atoms with Gasteiger partial charge in [-0.15, -0.1) is 0 Å². The van der Waals surface area contributed by atoms with E-state index >= 15 is 0 Å². The summed E-state index contributed by atoms with van der Waals surface area (Å²) in [4.78, 5) is 13.7. The molecule has 23 heavy (non-hydrogen) atoms. The maximum atomic E-state index is 12.0. The lowest BCUT2D eigenvalue weighted by Crippen LogP contribution is -2.40. The van der Waals surface area contributed by atoms with Gasteiger partial charge >= 0.3 is 12.2 Å². The molecule has 1 fully saturated rings. The molecule has 2 N–H and O–H groups in total. The van der Waals surface area contributed by atoms with Crippen LogP contribution in [0.5, 0.6) is 0 Å². The van der Waals surface area contributed by atoms with E-state index in [1.807, 2.05) is 24.3 Å². The first kappa shape index (κ1) is 17.6. The van der Waals surface area contributed by atoms with Crippen LogP contribution in [-0.2, 0) is 13.1 Å². The van der Waals surface area contributed by atoms with E-state index in [-0.39, 0.29) is 6.54 Å². The molecule has 7 heteroatoms. The molecule has 0 radical (unpaired) electrons. The molecule has 1 aromatic carbocycles. The van der Waals surface area contributed by atoms with Crippen molar-refractivity contribution in [2.75, 3.05) is 19.6 Å². The predicted octanol–water partition coefficient (Wildman–Crippen LogP) is 3.03. The Morgan fingerprint density at radius 2 is 1.61 bits per heavy atom. The molecule has 128 valence electrons. The number of nitrogens with one attached hydrogen (secondary N) is 2. The van der Waals surface area contributed by atoms with E-state index in [1.54, 1.807) is 5.32 Å². The minimum atomic E-state index is -4.40. The van der Waals surface area contributed by atoms with Gasteiger partial charge in [0.2, 0.25) is 0 Å². The molecule has 1 heterocycles. The summed E-state index contributed by atoms with van der Waals surface area (Å²) < 4.78 is 35.9. The normalized spacial score (nSPS) is 16.1. The fraction of sp³-hybridized carbons (Fsp3) is 0.562. The number of alkyl halides is 3. The zero-order valence-electron chi connectivity index (χ0n) is 13.0. The molecule has 0 atom stereocenters. The van der Waals surface area contributed by atoms with Crippen LogP contribution in [0.25, 0.3) is 0 Å². The minimum Gasteiger partial charge on any atom is -0.334 e. The minimum absolute atomic E-state index is 0.202. The molecule has 0 spiro atoms. The van der Waals surface area contributed by atoms with Gasteiger partial charge in [-0.3, -0.25) is 4.90 Å². The van der Waals surface area contributed by atoms with Crippen molar-refractivity contribution in [2.45, 2.75) is 38.5 Å². The second kappa shape index (κ2) is 8.19. The number of hydrogen-bond acceptors (Lipinski definition) is 2. The van der Waals surface area contributed by atoms with E-state index in [1.165, 1.54) is 24.8 Å². The van der Waals surface area contributed by atoms with E-state index in [2.05, 4.69) is 10.2 Å². The Bertz CT molecular complexity index is 496. The highest BCUT2D eigenvalue weighted by molar-refractivity contribution is 5.73. The molecule has 0 bridgehead atoms. The van der Waals surface area contributed by atoms with Gasteiger partial charge in [-0.25, -0.2) is 4.79 Å². The smallest absolute Gasteiger partial charge is 0.334 e. The summed E-state index contributed by atoms with van der Waals surface area (Å²) in [6.45, 7) is 2.05. The number of amides is 2. The van der Waals surface area contributed by atoms with Crippen molar-refractivity contribution in [2.24, 2.45) is 0 Å². The monoisotopic (exact) mass is 329 g/mol. The molecule has 4 nitrogen and oxygen atoms in total. The third-order valence-corrected chi connectivity index (χ3v) is 3.78. The number of carbonyl (C=O) groups excluding carboxylic acids is 1. The van der Waals surface area contributed by atoms with Crippen LogP contribution >= 0.6 is 0 Å². The second-order valence-electron chi connectivity index (χ2n) is 5.80. The summed E-state index contributed by atoms with van der Waals surface area (Å²) in [5.41, 5.74) is 2.06. The van der Waals surface area contributed by atoms with E-state index in [4.69, 9.17) is 0 Å². The molecule has 0 aromatic heterocycles. The van der Waals surface area contributed by atoms with Crippen molar-refractivity contribution in [1.29, 1.82) is 0 Å². The first-order chi connectivity index (χ1) is 10.9. The largest absolute Gasteiger partial charge is 0.405 e. The Morgan fingerprint density at radius 1 is 1.00 bits per heavy atom. The standard InChI is InChI=1S/C16H22F3N3O/c17-16(18,19)12-21-15(23)20-10-13-4-6-14(7-5-13)11-22-8-2-1-3-9-22/h4-7H,1-3,8-12H2,(H2,20,21,23). The number of likely N-dealkylation sites (tertiary alicyclic amines) is 1. The summed E-state index contributed by atoms with van der Waals surface area (Å²) in [5, 5.41) is 4.19. The van der Waals surface area contributed by atoms with Crippen molar-refractivity contribution >= 4 is 6.03 Å². The Kier molecular flexibility index (Phi) is 6.27. The summed E-state index contributed by atoms with van der Waals surface area (Å²) in [6, 6.07) is 6.96. The summed E-state index contributed by atoms with van der Waals surface area (Å²) in [6.07, 6.45) is -0.602. The van der Waals surface area contributed by atoms with Crippen molar-refractivity contribution < 1.29 is 18.0 Å². The van der Waals surface area contributed by atoms with Gasteiger partial charge in [-0.05, 0) is 37.1 Å². The van der Waals surface area contributed by atoms with Crippen molar-refractivity contribution in [3.05, 3.63) is 35.4 Å². The third kappa shape index (κ3) is 6.90. The van der Waals surface area contributed by atoms with E-state index in [9.17, 15) is 18.0 Å². The number of urea groups is 1. The van der Waals surface area contributed by atoms with Crippen LogP contribution in [0.1, 0.15) is 30.4 Å². The average molecular weight is 329 g/mol. The lowest BCUT2D eigenvalue weighted by Gasteiger charge is -2.26. The SMILES string of the molecule is O=C(NCc1ccc(CN2CCCCC2)cc1)NCC(F)(F)F. The van der Waals surface area contributed by atoms with Crippen molar-refractivity contribution in [1.82, 2.24) is 15.5 Å². The van der Waals surface area contributed by atoms with Crippen LogP contribution < -0.4 is 10.6 Å². The molecule has 2 rings (SSSR count). The first-order valence-corrected chi connectivity index (χ1v) is 7.81. The number of benzene rings is 1. The van der Waals surface area contributed by atoms with Crippen LogP contribution in [0.3, 0.4) is 0 Å². The third-order valence-electron chi connectivity index (χ3n) is 3.78. The van der Waals surface area contributed by atoms with Gasteiger partial charge < -0.3 is 10.6 Å². The number of rotatable bonds is 5. The first-order valence-electron chi connectivity index (χ1n) is 7.81. The van der Waals surface area contributed by atoms with Gasteiger partial charge in [0.1, 0.15) is 6.54 Å². The quantitative estimate of drug-likeness (QED) is 0.872. The summed E-state index contributed by atoms with van der Waals surface area (Å²) in [5.74, 6) is 0. The molecule has 1 saturated heterocycles. The number of carbonyl (C=O) groups is 1.